The lowest BCUT2D eigenvalue weighted by Gasteiger charge is -2.13. The molecule has 5 nitrogen and oxygen atoms in total. The lowest BCUT2D eigenvalue weighted by atomic mass is 10.2. The molecule has 3 rings (SSSR count). The van der Waals surface area contributed by atoms with Crippen LogP contribution in [0.25, 0.3) is 11.4 Å². The highest BCUT2D eigenvalue weighted by Gasteiger charge is 2.14. The van der Waals surface area contributed by atoms with Gasteiger partial charge >= 0.3 is 0 Å². The summed E-state index contributed by atoms with van der Waals surface area (Å²) in [6.45, 7) is 3.62. The van der Waals surface area contributed by atoms with Crippen LogP contribution in [0.15, 0.2) is 63.9 Å². The number of amides is 1. The fraction of sp³-hybridized carbons (Fsp3) is 0.150. The summed E-state index contributed by atoms with van der Waals surface area (Å²) < 4.78 is 2.18. The van der Waals surface area contributed by atoms with E-state index < -0.39 is 0 Å². The summed E-state index contributed by atoms with van der Waals surface area (Å²) in [6.07, 6.45) is 0. The van der Waals surface area contributed by atoms with Crippen molar-refractivity contribution in [3.8, 4) is 11.4 Å². The van der Waals surface area contributed by atoms with Gasteiger partial charge in [-0.1, -0.05) is 36.4 Å². The number of hydrogen-bond donors (Lipinski definition) is 1. The molecular weight excluding hydrogens is 394 g/mol. The van der Waals surface area contributed by atoms with Crippen LogP contribution >= 0.6 is 15.9 Å². The highest BCUT2D eigenvalue weighted by atomic mass is 79.9. The summed E-state index contributed by atoms with van der Waals surface area (Å²) in [5, 5.41) is 2.83. The molecule has 0 bridgehead atoms. The van der Waals surface area contributed by atoms with E-state index in [0.717, 1.165) is 15.6 Å². The van der Waals surface area contributed by atoms with E-state index in [0.29, 0.717) is 17.2 Å². The van der Waals surface area contributed by atoms with Crippen LogP contribution in [0.4, 0.5) is 5.69 Å². The maximum atomic E-state index is 12.5. The number of carbonyl (C=O) groups excluding carboxylic acids is 1. The van der Waals surface area contributed by atoms with E-state index >= 15 is 0 Å². The number of halogens is 1. The Morgan fingerprint density at radius 2 is 1.85 bits per heavy atom. The maximum Gasteiger partial charge on any atom is 0.254 e. The minimum Gasteiger partial charge on any atom is -0.324 e. The fourth-order valence-electron chi connectivity index (χ4n) is 2.64. The second-order valence-corrected chi connectivity index (χ2v) is 6.90. The molecule has 0 atom stereocenters. The standard InChI is InChI=1S/C20H18BrN3O2/c1-13-8-9-17(16(21)10-13)23-18(25)12-24-19(26)11-14(2)22-20(24)15-6-4-3-5-7-15/h3-11H,12H2,1-2H3,(H,23,25). The predicted molar refractivity (Wildman–Crippen MR) is 106 cm³/mol. The average molecular weight is 412 g/mol. The molecule has 0 aliphatic heterocycles. The van der Waals surface area contributed by atoms with Crippen LogP contribution < -0.4 is 10.9 Å². The SMILES string of the molecule is Cc1ccc(NC(=O)Cn2c(-c3ccccc3)nc(C)cc2=O)c(Br)c1. The van der Waals surface area contributed by atoms with Crippen molar-refractivity contribution in [3.63, 3.8) is 0 Å². The Kier molecular flexibility index (Phi) is 5.32. The molecule has 1 N–H and O–H groups in total. The first-order valence-corrected chi connectivity index (χ1v) is 8.93. The quantitative estimate of drug-likeness (QED) is 0.707. The monoisotopic (exact) mass is 411 g/mol. The Morgan fingerprint density at radius 1 is 1.12 bits per heavy atom. The number of aryl methyl sites for hydroxylation is 2. The molecule has 0 unspecified atom stereocenters. The van der Waals surface area contributed by atoms with Crippen LogP contribution in [0.1, 0.15) is 11.3 Å². The zero-order valence-corrected chi connectivity index (χ0v) is 16.1. The average Bonchev–Trinajstić information content (AvgIpc) is 2.60. The zero-order chi connectivity index (χ0) is 18.7. The van der Waals surface area contributed by atoms with E-state index in [-0.39, 0.29) is 18.0 Å². The van der Waals surface area contributed by atoms with E-state index in [1.807, 2.05) is 55.5 Å². The van der Waals surface area contributed by atoms with Gasteiger partial charge in [0.2, 0.25) is 5.91 Å². The minimum atomic E-state index is -0.292. The summed E-state index contributed by atoms with van der Waals surface area (Å²) in [7, 11) is 0. The highest BCUT2D eigenvalue weighted by molar-refractivity contribution is 9.10. The first-order valence-electron chi connectivity index (χ1n) is 8.14. The Bertz CT molecular complexity index is 1010. The van der Waals surface area contributed by atoms with Crippen LogP contribution in [0.3, 0.4) is 0 Å². The summed E-state index contributed by atoms with van der Waals surface area (Å²) in [5.74, 6) is 0.188. The van der Waals surface area contributed by atoms with E-state index in [4.69, 9.17) is 0 Å². The Labute approximate surface area is 159 Å². The van der Waals surface area contributed by atoms with Crippen molar-refractivity contribution in [2.45, 2.75) is 20.4 Å². The van der Waals surface area contributed by atoms with Gasteiger partial charge in [0, 0.05) is 21.8 Å². The maximum absolute atomic E-state index is 12.5. The van der Waals surface area contributed by atoms with Crippen molar-refractivity contribution >= 4 is 27.5 Å². The molecule has 1 amide bonds. The zero-order valence-electron chi connectivity index (χ0n) is 14.5. The third-order valence-corrected chi connectivity index (χ3v) is 4.52. The number of hydrogen-bond acceptors (Lipinski definition) is 3. The molecule has 26 heavy (non-hydrogen) atoms. The molecule has 0 fully saturated rings. The van der Waals surface area contributed by atoms with Crippen molar-refractivity contribution in [3.05, 3.63) is 80.7 Å². The Balaban J connectivity index is 1.92. The molecule has 6 heteroatoms. The van der Waals surface area contributed by atoms with Gasteiger partial charge in [0.05, 0.1) is 5.69 Å². The van der Waals surface area contributed by atoms with Crippen LogP contribution in [0.5, 0.6) is 0 Å². The van der Waals surface area contributed by atoms with Gasteiger partial charge in [0.25, 0.3) is 5.56 Å². The molecule has 132 valence electrons. The van der Waals surface area contributed by atoms with Crippen molar-refractivity contribution < 1.29 is 4.79 Å². The lowest BCUT2D eigenvalue weighted by Crippen LogP contribution is -2.29. The molecule has 1 aromatic heterocycles. The first kappa shape index (κ1) is 18.1. The Morgan fingerprint density at radius 3 is 2.54 bits per heavy atom. The normalized spacial score (nSPS) is 10.6. The molecule has 3 aromatic rings. The third kappa shape index (κ3) is 4.08. The topological polar surface area (TPSA) is 64.0 Å². The molecule has 0 aliphatic rings. The van der Waals surface area contributed by atoms with Crippen molar-refractivity contribution in [2.24, 2.45) is 0 Å². The molecule has 0 radical (unpaired) electrons. The minimum absolute atomic E-state index is 0.114. The first-order chi connectivity index (χ1) is 12.4. The van der Waals surface area contributed by atoms with Gasteiger partial charge in [-0.15, -0.1) is 0 Å². The second-order valence-electron chi connectivity index (χ2n) is 6.04. The van der Waals surface area contributed by atoms with Crippen LogP contribution in [0, 0.1) is 13.8 Å². The summed E-state index contributed by atoms with van der Waals surface area (Å²) in [6, 6.07) is 16.5. The second kappa shape index (κ2) is 7.66. The molecule has 0 saturated heterocycles. The van der Waals surface area contributed by atoms with Crippen molar-refractivity contribution in [1.29, 1.82) is 0 Å². The molecule has 0 spiro atoms. The van der Waals surface area contributed by atoms with Crippen LogP contribution in [0.2, 0.25) is 0 Å². The number of nitrogens with one attached hydrogen (secondary N) is 1. The van der Waals surface area contributed by atoms with Gasteiger partial charge in [-0.05, 0) is 47.5 Å². The van der Waals surface area contributed by atoms with Gasteiger partial charge in [0.1, 0.15) is 12.4 Å². The number of nitrogens with zero attached hydrogens (tertiary/aromatic N) is 2. The van der Waals surface area contributed by atoms with E-state index in [1.54, 1.807) is 6.92 Å². The van der Waals surface area contributed by atoms with Gasteiger partial charge < -0.3 is 5.32 Å². The molecule has 0 aliphatic carbocycles. The number of rotatable bonds is 4. The van der Waals surface area contributed by atoms with E-state index in [2.05, 4.69) is 26.2 Å². The smallest absolute Gasteiger partial charge is 0.254 e. The van der Waals surface area contributed by atoms with Crippen LogP contribution in [-0.2, 0) is 11.3 Å². The molecule has 2 aromatic carbocycles. The molecule has 0 saturated carbocycles. The highest BCUT2D eigenvalue weighted by Crippen LogP contribution is 2.23. The number of benzene rings is 2. The third-order valence-electron chi connectivity index (χ3n) is 3.87. The molecule has 1 heterocycles. The summed E-state index contributed by atoms with van der Waals surface area (Å²) in [5.41, 5.74) is 2.90. The number of anilines is 1. The van der Waals surface area contributed by atoms with Crippen LogP contribution in [-0.4, -0.2) is 15.5 Å². The predicted octanol–water partition coefficient (Wildman–Crippen LogP) is 3.93. The van der Waals surface area contributed by atoms with Gasteiger partial charge in [-0.3, -0.25) is 14.2 Å². The van der Waals surface area contributed by atoms with Gasteiger partial charge in [-0.2, -0.15) is 0 Å². The largest absolute Gasteiger partial charge is 0.324 e. The van der Waals surface area contributed by atoms with E-state index in [9.17, 15) is 9.59 Å². The van der Waals surface area contributed by atoms with Crippen molar-refractivity contribution in [1.82, 2.24) is 9.55 Å². The number of aromatic nitrogens is 2. The fourth-order valence-corrected chi connectivity index (χ4v) is 3.23. The van der Waals surface area contributed by atoms with E-state index in [1.165, 1.54) is 10.6 Å². The Hall–Kier alpha value is -2.73. The lowest BCUT2D eigenvalue weighted by molar-refractivity contribution is -0.116. The molecular formula is C20H18BrN3O2. The van der Waals surface area contributed by atoms with Gasteiger partial charge in [0.15, 0.2) is 0 Å². The van der Waals surface area contributed by atoms with Gasteiger partial charge in [-0.25, -0.2) is 4.98 Å². The number of carbonyl (C=O) groups is 1. The van der Waals surface area contributed by atoms with Crippen molar-refractivity contribution in [2.75, 3.05) is 5.32 Å². The summed E-state index contributed by atoms with van der Waals surface area (Å²) >= 11 is 3.44. The summed E-state index contributed by atoms with van der Waals surface area (Å²) in [4.78, 5) is 29.5.